The van der Waals surface area contributed by atoms with Gasteiger partial charge in [0.1, 0.15) is 5.69 Å². The van der Waals surface area contributed by atoms with Crippen LogP contribution >= 0.6 is 0 Å². The Morgan fingerprint density at radius 3 is 2.34 bits per heavy atom. The first-order chi connectivity index (χ1) is 13.9. The minimum Gasteiger partial charge on any atom is -0.352 e. The van der Waals surface area contributed by atoms with Gasteiger partial charge in [0, 0.05) is 17.7 Å². The molecule has 0 saturated heterocycles. The van der Waals surface area contributed by atoms with Crippen molar-refractivity contribution in [3.05, 3.63) is 76.7 Å². The van der Waals surface area contributed by atoms with Crippen molar-refractivity contribution in [1.29, 1.82) is 0 Å². The van der Waals surface area contributed by atoms with Crippen LogP contribution in [-0.4, -0.2) is 28.5 Å². The maximum absolute atomic E-state index is 13.5. The molecule has 0 atom stereocenters. The van der Waals surface area contributed by atoms with Crippen molar-refractivity contribution in [2.24, 2.45) is 0 Å². The van der Waals surface area contributed by atoms with Crippen LogP contribution in [0, 0.1) is 17.5 Å². The molecule has 1 heterocycles. The van der Waals surface area contributed by atoms with Crippen molar-refractivity contribution in [2.75, 3.05) is 6.54 Å². The first-order valence-electron chi connectivity index (χ1n) is 8.98. The van der Waals surface area contributed by atoms with Crippen molar-refractivity contribution in [3.8, 4) is 11.3 Å². The summed E-state index contributed by atoms with van der Waals surface area (Å²) in [4.78, 5) is 23.3. The highest BCUT2D eigenvalue weighted by atomic mass is 19.2. The summed E-state index contributed by atoms with van der Waals surface area (Å²) in [5, 5.41) is 6.99. The van der Waals surface area contributed by atoms with Crippen molar-refractivity contribution in [2.45, 2.75) is 19.9 Å². The van der Waals surface area contributed by atoms with E-state index in [9.17, 15) is 22.8 Å². The van der Waals surface area contributed by atoms with Crippen LogP contribution in [-0.2, 0) is 6.54 Å². The summed E-state index contributed by atoms with van der Waals surface area (Å²) in [7, 11) is 0. The Kier molecular flexibility index (Phi) is 6.11. The zero-order valence-electron chi connectivity index (χ0n) is 15.6. The van der Waals surface area contributed by atoms with Crippen molar-refractivity contribution < 1.29 is 22.8 Å². The number of hydrogen-bond donors (Lipinski definition) is 1. The number of rotatable bonds is 7. The summed E-state index contributed by atoms with van der Waals surface area (Å²) < 4.78 is 41.5. The molecule has 0 fully saturated rings. The molecule has 0 unspecified atom stereocenters. The predicted octanol–water partition coefficient (Wildman–Crippen LogP) is 3.97. The second-order valence-corrected chi connectivity index (χ2v) is 6.44. The van der Waals surface area contributed by atoms with E-state index in [1.165, 1.54) is 10.7 Å². The monoisotopic (exact) mass is 401 g/mol. The van der Waals surface area contributed by atoms with Gasteiger partial charge in [0.05, 0.1) is 12.2 Å². The number of benzene rings is 2. The Morgan fingerprint density at radius 1 is 1.10 bits per heavy atom. The van der Waals surface area contributed by atoms with E-state index in [2.05, 4.69) is 10.4 Å². The van der Waals surface area contributed by atoms with Crippen LogP contribution in [0.15, 0.2) is 42.5 Å². The lowest BCUT2D eigenvalue weighted by Crippen LogP contribution is -2.23. The summed E-state index contributed by atoms with van der Waals surface area (Å²) in [6, 6.07) is 9.80. The molecule has 3 rings (SSSR count). The van der Waals surface area contributed by atoms with Crippen LogP contribution in [0.5, 0.6) is 0 Å². The molecule has 0 bridgehead atoms. The third-order valence-electron chi connectivity index (χ3n) is 4.30. The smallest absolute Gasteiger partial charge is 0.251 e. The minimum absolute atomic E-state index is 0.0196. The molecular weight excluding hydrogens is 383 g/mol. The van der Waals surface area contributed by atoms with E-state index in [4.69, 9.17) is 0 Å². The van der Waals surface area contributed by atoms with Crippen LogP contribution < -0.4 is 5.32 Å². The van der Waals surface area contributed by atoms with Crippen LogP contribution in [0.3, 0.4) is 0 Å². The summed E-state index contributed by atoms with van der Waals surface area (Å²) in [5.74, 6) is -4.40. The first-order valence-corrected chi connectivity index (χ1v) is 8.98. The molecule has 29 heavy (non-hydrogen) atoms. The number of hydrogen-bond acceptors (Lipinski definition) is 3. The number of halogens is 3. The largest absolute Gasteiger partial charge is 0.352 e. The van der Waals surface area contributed by atoms with Crippen molar-refractivity contribution >= 4 is 12.2 Å². The van der Waals surface area contributed by atoms with Gasteiger partial charge in [0.25, 0.3) is 5.91 Å². The van der Waals surface area contributed by atoms with Gasteiger partial charge in [-0.3, -0.25) is 14.3 Å². The van der Waals surface area contributed by atoms with Crippen molar-refractivity contribution in [3.63, 3.8) is 0 Å². The van der Waals surface area contributed by atoms with Crippen LogP contribution in [0.1, 0.15) is 39.8 Å². The normalized spacial score (nSPS) is 10.8. The van der Waals surface area contributed by atoms with Crippen molar-refractivity contribution in [1.82, 2.24) is 15.1 Å². The molecule has 5 nitrogen and oxygen atoms in total. The third-order valence-corrected chi connectivity index (χ3v) is 4.30. The Hall–Kier alpha value is -3.42. The predicted molar refractivity (Wildman–Crippen MR) is 101 cm³/mol. The fraction of sp³-hybridized carbons (Fsp3) is 0.190. The molecular formula is C21H18F3N3O2. The van der Waals surface area contributed by atoms with Gasteiger partial charge in [0.2, 0.25) is 0 Å². The van der Waals surface area contributed by atoms with Gasteiger partial charge >= 0.3 is 0 Å². The summed E-state index contributed by atoms with van der Waals surface area (Å²) in [6.07, 6.45) is 1.40. The second kappa shape index (κ2) is 8.72. The number of nitrogens with zero attached hydrogens (tertiary/aromatic N) is 2. The minimum atomic E-state index is -1.56. The molecule has 2 aromatic carbocycles. The average molecular weight is 401 g/mol. The zero-order chi connectivity index (χ0) is 21.0. The molecule has 3 aromatic rings. The Bertz CT molecular complexity index is 1020. The molecule has 0 aliphatic carbocycles. The quantitative estimate of drug-likeness (QED) is 0.481. The second-order valence-electron chi connectivity index (χ2n) is 6.44. The lowest BCUT2D eigenvalue weighted by atomic mass is 10.1. The zero-order valence-corrected chi connectivity index (χ0v) is 15.6. The van der Waals surface area contributed by atoms with Crippen LogP contribution in [0.25, 0.3) is 11.3 Å². The molecule has 0 aliphatic heterocycles. The Labute approximate surface area is 165 Å². The maximum atomic E-state index is 13.5. The van der Waals surface area contributed by atoms with E-state index in [1.807, 2.05) is 6.92 Å². The van der Waals surface area contributed by atoms with Crippen LogP contribution in [0.2, 0.25) is 0 Å². The highest BCUT2D eigenvalue weighted by Crippen LogP contribution is 2.23. The Balaban J connectivity index is 1.83. The van der Waals surface area contributed by atoms with Crippen LogP contribution in [0.4, 0.5) is 13.2 Å². The summed E-state index contributed by atoms with van der Waals surface area (Å²) >= 11 is 0. The highest BCUT2D eigenvalue weighted by Gasteiger charge is 2.15. The SMILES string of the molecule is CCCNC(=O)c1ccc(Cn2nc(-c3cc(F)c(F)c(F)c3)cc2C=O)cc1. The van der Waals surface area contributed by atoms with Gasteiger partial charge < -0.3 is 5.32 Å². The van der Waals surface area contributed by atoms with Gasteiger partial charge in [-0.2, -0.15) is 5.10 Å². The van der Waals surface area contributed by atoms with E-state index in [0.717, 1.165) is 24.1 Å². The number of carbonyl (C=O) groups is 2. The van der Waals surface area contributed by atoms with E-state index >= 15 is 0 Å². The topological polar surface area (TPSA) is 64.0 Å². The molecule has 0 aliphatic rings. The first kappa shape index (κ1) is 20.3. The van der Waals surface area contributed by atoms with E-state index in [-0.39, 0.29) is 29.4 Å². The molecule has 1 aromatic heterocycles. The van der Waals surface area contributed by atoms with E-state index in [1.54, 1.807) is 24.3 Å². The molecule has 1 N–H and O–H groups in total. The number of carbonyl (C=O) groups excluding carboxylic acids is 2. The van der Waals surface area contributed by atoms with E-state index < -0.39 is 17.5 Å². The fourth-order valence-corrected chi connectivity index (χ4v) is 2.77. The Morgan fingerprint density at radius 2 is 1.76 bits per heavy atom. The third kappa shape index (κ3) is 4.53. The number of amides is 1. The molecule has 0 spiro atoms. The van der Waals surface area contributed by atoms with Gasteiger partial charge in [-0.1, -0.05) is 19.1 Å². The number of aromatic nitrogens is 2. The summed E-state index contributed by atoms with van der Waals surface area (Å²) in [6.45, 7) is 2.75. The number of aldehydes is 1. The molecule has 0 radical (unpaired) electrons. The summed E-state index contributed by atoms with van der Waals surface area (Å²) in [5.41, 5.74) is 1.63. The molecule has 8 heteroatoms. The van der Waals surface area contributed by atoms with Gasteiger partial charge in [-0.25, -0.2) is 13.2 Å². The van der Waals surface area contributed by atoms with E-state index in [0.29, 0.717) is 18.4 Å². The fourth-order valence-electron chi connectivity index (χ4n) is 2.77. The number of nitrogens with one attached hydrogen (secondary N) is 1. The lowest BCUT2D eigenvalue weighted by Gasteiger charge is -2.07. The van der Waals surface area contributed by atoms with Gasteiger partial charge in [0.15, 0.2) is 23.7 Å². The van der Waals surface area contributed by atoms with Gasteiger partial charge in [-0.05, 0) is 42.3 Å². The molecule has 1 amide bonds. The lowest BCUT2D eigenvalue weighted by molar-refractivity contribution is 0.0953. The molecule has 0 saturated carbocycles. The average Bonchev–Trinajstić information content (AvgIpc) is 3.13. The maximum Gasteiger partial charge on any atom is 0.251 e. The highest BCUT2D eigenvalue weighted by molar-refractivity contribution is 5.94. The van der Waals surface area contributed by atoms with Gasteiger partial charge in [-0.15, -0.1) is 0 Å². The standard InChI is InChI=1S/C21H18F3N3O2/c1-2-7-25-21(29)14-5-3-13(4-6-14)11-27-16(12-28)10-19(26-27)15-8-17(22)20(24)18(23)9-15/h3-6,8-10,12H,2,7,11H2,1H3,(H,25,29). The molecule has 150 valence electrons.